The summed E-state index contributed by atoms with van der Waals surface area (Å²) < 4.78 is 25.5. The minimum absolute atomic E-state index is 0.101. The highest BCUT2D eigenvalue weighted by Crippen LogP contribution is 2.33. The Balaban J connectivity index is 1.72. The standard InChI is InChI=1S/C26H19BrFIN2O4/c1-2-34-26(33)18-6-8-21(9-7-18)31-25(32)19(14-30)10-17-12-22(27)24(23(29)13-17)35-15-16-4-3-5-20(28)11-16/h3-13H,2,15H2,1H3,(H,31,32)/b19-10+. The summed E-state index contributed by atoms with van der Waals surface area (Å²) in [5, 5.41) is 12.2. The van der Waals surface area contributed by atoms with E-state index in [1.165, 1.54) is 30.3 Å². The number of halogens is 3. The summed E-state index contributed by atoms with van der Waals surface area (Å²) in [6.07, 6.45) is 1.46. The Bertz CT molecular complexity index is 1300. The van der Waals surface area contributed by atoms with Gasteiger partial charge in [-0.25, -0.2) is 9.18 Å². The van der Waals surface area contributed by atoms with Crippen molar-refractivity contribution in [3.8, 4) is 11.8 Å². The molecule has 0 saturated heterocycles. The molecule has 0 aromatic heterocycles. The molecular formula is C26H19BrFIN2O4. The van der Waals surface area contributed by atoms with Crippen molar-refractivity contribution in [3.05, 3.63) is 96.8 Å². The molecule has 0 aliphatic rings. The number of benzene rings is 3. The Kier molecular flexibility index (Phi) is 9.39. The second-order valence-corrected chi connectivity index (χ2v) is 9.17. The van der Waals surface area contributed by atoms with E-state index < -0.39 is 11.9 Å². The molecule has 0 aliphatic heterocycles. The molecule has 0 unspecified atom stereocenters. The van der Waals surface area contributed by atoms with Gasteiger partial charge in [0.25, 0.3) is 5.91 Å². The van der Waals surface area contributed by atoms with Gasteiger partial charge in [0.15, 0.2) is 0 Å². The minimum Gasteiger partial charge on any atom is -0.487 e. The van der Waals surface area contributed by atoms with Gasteiger partial charge in [-0.3, -0.25) is 4.79 Å². The summed E-state index contributed by atoms with van der Waals surface area (Å²) >= 11 is 5.55. The van der Waals surface area contributed by atoms with E-state index in [-0.39, 0.29) is 24.6 Å². The zero-order chi connectivity index (χ0) is 25.4. The van der Waals surface area contributed by atoms with Crippen molar-refractivity contribution in [1.82, 2.24) is 0 Å². The number of esters is 1. The van der Waals surface area contributed by atoms with Crippen molar-refractivity contribution >= 4 is 62.2 Å². The van der Waals surface area contributed by atoms with Gasteiger partial charge in [-0.1, -0.05) is 12.1 Å². The van der Waals surface area contributed by atoms with E-state index in [1.54, 1.807) is 43.3 Å². The zero-order valence-electron chi connectivity index (χ0n) is 18.5. The predicted octanol–water partition coefficient (Wildman–Crippen LogP) is 6.49. The Morgan fingerprint density at radius 2 is 1.91 bits per heavy atom. The van der Waals surface area contributed by atoms with Crippen LogP contribution in [0.2, 0.25) is 0 Å². The molecule has 0 radical (unpaired) electrons. The molecule has 0 heterocycles. The van der Waals surface area contributed by atoms with E-state index in [0.29, 0.717) is 32.6 Å². The third kappa shape index (κ3) is 7.37. The van der Waals surface area contributed by atoms with Crippen LogP contribution in [0.3, 0.4) is 0 Å². The van der Waals surface area contributed by atoms with E-state index in [4.69, 9.17) is 9.47 Å². The molecule has 6 nitrogen and oxygen atoms in total. The average molecular weight is 649 g/mol. The fourth-order valence-electron chi connectivity index (χ4n) is 3.00. The van der Waals surface area contributed by atoms with Gasteiger partial charge in [-0.2, -0.15) is 5.26 Å². The third-order valence-corrected chi connectivity index (χ3v) is 6.01. The highest BCUT2D eigenvalue weighted by Gasteiger charge is 2.14. The second-order valence-electron chi connectivity index (χ2n) is 7.15. The van der Waals surface area contributed by atoms with E-state index in [9.17, 15) is 19.2 Å². The molecule has 0 saturated carbocycles. The fraction of sp³-hybridized carbons (Fsp3) is 0.115. The number of ether oxygens (including phenoxy) is 2. The van der Waals surface area contributed by atoms with Crippen molar-refractivity contribution in [2.75, 3.05) is 11.9 Å². The van der Waals surface area contributed by atoms with Crippen LogP contribution in [0.25, 0.3) is 6.08 Å². The van der Waals surface area contributed by atoms with Crippen LogP contribution in [0.1, 0.15) is 28.4 Å². The Hall–Kier alpha value is -3.23. The molecule has 3 aromatic carbocycles. The lowest BCUT2D eigenvalue weighted by molar-refractivity contribution is -0.112. The molecule has 9 heteroatoms. The van der Waals surface area contributed by atoms with Crippen LogP contribution in [0, 0.1) is 20.7 Å². The van der Waals surface area contributed by atoms with Crippen LogP contribution < -0.4 is 10.1 Å². The molecule has 35 heavy (non-hydrogen) atoms. The SMILES string of the molecule is CCOC(=O)c1ccc(NC(=O)/C(C#N)=C/c2cc(Br)c(OCc3cccc(F)c3)c(I)c2)cc1. The molecule has 3 rings (SSSR count). The van der Waals surface area contributed by atoms with Gasteiger partial charge < -0.3 is 14.8 Å². The lowest BCUT2D eigenvalue weighted by Gasteiger charge is -2.12. The maximum absolute atomic E-state index is 13.4. The Morgan fingerprint density at radius 3 is 2.54 bits per heavy atom. The van der Waals surface area contributed by atoms with Crippen LogP contribution in [-0.4, -0.2) is 18.5 Å². The number of rotatable bonds is 8. The van der Waals surface area contributed by atoms with Crippen LogP contribution in [0.5, 0.6) is 5.75 Å². The first-order valence-electron chi connectivity index (χ1n) is 10.4. The monoisotopic (exact) mass is 648 g/mol. The molecule has 3 aromatic rings. The quantitative estimate of drug-likeness (QED) is 0.131. The molecule has 0 aliphatic carbocycles. The van der Waals surface area contributed by atoms with Gasteiger partial charge in [0, 0.05) is 5.69 Å². The number of hydrogen-bond acceptors (Lipinski definition) is 5. The van der Waals surface area contributed by atoms with Gasteiger partial charge in [0.1, 0.15) is 29.8 Å². The first-order valence-corrected chi connectivity index (χ1v) is 12.2. The van der Waals surface area contributed by atoms with Crippen molar-refractivity contribution in [1.29, 1.82) is 5.26 Å². The molecule has 0 spiro atoms. The highest BCUT2D eigenvalue weighted by atomic mass is 127. The fourth-order valence-corrected chi connectivity index (χ4v) is 4.77. The average Bonchev–Trinajstić information content (AvgIpc) is 2.82. The first-order chi connectivity index (χ1) is 16.8. The summed E-state index contributed by atoms with van der Waals surface area (Å²) in [6.45, 7) is 2.17. The Morgan fingerprint density at radius 1 is 1.17 bits per heavy atom. The topological polar surface area (TPSA) is 88.4 Å². The minimum atomic E-state index is -0.589. The molecular weight excluding hydrogens is 630 g/mol. The van der Waals surface area contributed by atoms with Gasteiger partial charge in [0.05, 0.1) is 20.2 Å². The summed E-state index contributed by atoms with van der Waals surface area (Å²) in [6, 6.07) is 17.7. The highest BCUT2D eigenvalue weighted by molar-refractivity contribution is 14.1. The largest absolute Gasteiger partial charge is 0.487 e. The maximum atomic E-state index is 13.4. The molecule has 1 N–H and O–H groups in total. The van der Waals surface area contributed by atoms with Crippen molar-refractivity contribution in [3.63, 3.8) is 0 Å². The number of anilines is 1. The van der Waals surface area contributed by atoms with Crippen LogP contribution >= 0.6 is 38.5 Å². The molecule has 0 bridgehead atoms. The molecule has 0 fully saturated rings. The lowest BCUT2D eigenvalue weighted by Crippen LogP contribution is -2.13. The summed E-state index contributed by atoms with van der Waals surface area (Å²) in [7, 11) is 0. The van der Waals surface area contributed by atoms with E-state index in [1.807, 2.05) is 6.07 Å². The van der Waals surface area contributed by atoms with Crippen LogP contribution in [0.4, 0.5) is 10.1 Å². The maximum Gasteiger partial charge on any atom is 0.338 e. The second kappa shape index (κ2) is 12.5. The van der Waals surface area contributed by atoms with Gasteiger partial charge >= 0.3 is 5.97 Å². The van der Waals surface area contributed by atoms with E-state index in [2.05, 4.69) is 43.8 Å². The number of carbonyl (C=O) groups is 2. The third-order valence-electron chi connectivity index (χ3n) is 4.62. The van der Waals surface area contributed by atoms with Crippen LogP contribution in [-0.2, 0) is 16.1 Å². The predicted molar refractivity (Wildman–Crippen MR) is 142 cm³/mol. The van der Waals surface area contributed by atoms with Crippen LogP contribution in [0.15, 0.2) is 70.7 Å². The smallest absolute Gasteiger partial charge is 0.338 e. The van der Waals surface area contributed by atoms with Gasteiger partial charge in [0.2, 0.25) is 0 Å². The molecule has 1 amide bonds. The summed E-state index contributed by atoms with van der Waals surface area (Å²) in [5.41, 5.74) is 2.00. The zero-order valence-corrected chi connectivity index (χ0v) is 22.2. The summed E-state index contributed by atoms with van der Waals surface area (Å²) in [4.78, 5) is 24.4. The normalized spacial score (nSPS) is 10.9. The van der Waals surface area contributed by atoms with Gasteiger partial charge in [-0.15, -0.1) is 0 Å². The van der Waals surface area contributed by atoms with Crippen molar-refractivity contribution in [2.45, 2.75) is 13.5 Å². The lowest BCUT2D eigenvalue weighted by atomic mass is 10.1. The number of nitriles is 1. The van der Waals surface area contributed by atoms with E-state index >= 15 is 0 Å². The summed E-state index contributed by atoms with van der Waals surface area (Å²) in [5.74, 6) is -0.810. The first kappa shape index (κ1) is 26.4. The number of nitrogens with one attached hydrogen (secondary N) is 1. The Labute approximate surface area is 224 Å². The van der Waals surface area contributed by atoms with Gasteiger partial charge in [-0.05, 0) is 111 Å². The number of nitrogens with zero attached hydrogens (tertiary/aromatic N) is 1. The number of carbonyl (C=O) groups excluding carboxylic acids is 2. The number of hydrogen-bond donors (Lipinski definition) is 1. The van der Waals surface area contributed by atoms with Crippen molar-refractivity contribution in [2.24, 2.45) is 0 Å². The van der Waals surface area contributed by atoms with Crippen molar-refractivity contribution < 1.29 is 23.5 Å². The molecule has 0 atom stereocenters. The van der Waals surface area contributed by atoms with E-state index in [0.717, 1.165) is 3.57 Å². The molecule has 178 valence electrons. The number of amides is 1.